The number of rotatable bonds is 5. The van der Waals surface area contributed by atoms with Crippen LogP contribution in [0.5, 0.6) is 0 Å². The van der Waals surface area contributed by atoms with Crippen LogP contribution >= 0.6 is 0 Å². The van der Waals surface area contributed by atoms with Crippen molar-refractivity contribution < 1.29 is 9.53 Å². The zero-order valence-corrected chi connectivity index (χ0v) is 12.3. The van der Waals surface area contributed by atoms with Gasteiger partial charge < -0.3 is 15.8 Å². The van der Waals surface area contributed by atoms with Gasteiger partial charge in [-0.2, -0.15) is 0 Å². The smallest absolute Gasteiger partial charge is 0.328 e. The molecule has 0 amide bonds. The molecular formula is C16H22N2O2. The fourth-order valence-corrected chi connectivity index (χ4v) is 1.88. The van der Waals surface area contributed by atoms with Crippen LogP contribution in [0.4, 0.5) is 5.69 Å². The summed E-state index contributed by atoms with van der Waals surface area (Å²) in [7, 11) is 1.40. The molecule has 4 nitrogen and oxygen atoms in total. The maximum absolute atomic E-state index is 11.8. The van der Waals surface area contributed by atoms with E-state index in [2.05, 4.69) is 31.0 Å². The van der Waals surface area contributed by atoms with Gasteiger partial charge in [0.2, 0.25) is 0 Å². The normalized spacial score (nSPS) is 11.4. The van der Waals surface area contributed by atoms with Gasteiger partial charge in [-0.3, -0.25) is 0 Å². The molecule has 0 aliphatic carbocycles. The predicted octanol–water partition coefficient (Wildman–Crippen LogP) is 2.00. The number of para-hydroxylation sites is 1. The summed E-state index contributed by atoms with van der Waals surface area (Å²) >= 11 is 0. The minimum Gasteiger partial charge on any atom is -0.467 e. The number of nitrogens with two attached hydrogens (primary N) is 1. The highest BCUT2D eigenvalue weighted by Crippen LogP contribution is 2.18. The van der Waals surface area contributed by atoms with Crippen LogP contribution in [-0.4, -0.2) is 25.7 Å². The van der Waals surface area contributed by atoms with Crippen LogP contribution in [0.2, 0.25) is 0 Å². The Balaban J connectivity index is 2.95. The third kappa shape index (κ3) is 4.94. The lowest BCUT2D eigenvalue weighted by atomic mass is 10.0. The molecule has 1 rings (SSSR count). The quantitative estimate of drug-likeness (QED) is 0.636. The van der Waals surface area contributed by atoms with Crippen LogP contribution < -0.4 is 11.1 Å². The average molecular weight is 274 g/mol. The Kier molecular flexibility index (Phi) is 6.61. The SMILES string of the molecule is COC(=O)[C@@H](CC(C)C)Nc1ccccc1C#CCN. The van der Waals surface area contributed by atoms with Crippen LogP contribution in [0.25, 0.3) is 0 Å². The van der Waals surface area contributed by atoms with E-state index >= 15 is 0 Å². The largest absolute Gasteiger partial charge is 0.467 e. The average Bonchev–Trinajstić information content (AvgIpc) is 2.44. The van der Waals surface area contributed by atoms with Crippen molar-refractivity contribution in [3.05, 3.63) is 29.8 Å². The highest BCUT2D eigenvalue weighted by atomic mass is 16.5. The van der Waals surface area contributed by atoms with Crippen molar-refractivity contribution in [2.75, 3.05) is 19.0 Å². The van der Waals surface area contributed by atoms with Crippen molar-refractivity contribution in [3.8, 4) is 11.8 Å². The third-order valence-corrected chi connectivity index (χ3v) is 2.77. The van der Waals surface area contributed by atoms with Crippen molar-refractivity contribution in [1.29, 1.82) is 0 Å². The van der Waals surface area contributed by atoms with E-state index in [0.717, 1.165) is 11.3 Å². The molecule has 4 heteroatoms. The molecular weight excluding hydrogens is 252 g/mol. The molecule has 0 aromatic heterocycles. The summed E-state index contributed by atoms with van der Waals surface area (Å²) in [6.07, 6.45) is 0.700. The summed E-state index contributed by atoms with van der Waals surface area (Å²) in [6.45, 7) is 4.44. The van der Waals surface area contributed by atoms with E-state index in [9.17, 15) is 4.79 Å². The van der Waals surface area contributed by atoms with Gasteiger partial charge >= 0.3 is 5.97 Å². The summed E-state index contributed by atoms with van der Waals surface area (Å²) in [5, 5.41) is 3.22. The van der Waals surface area contributed by atoms with Crippen molar-refractivity contribution >= 4 is 11.7 Å². The van der Waals surface area contributed by atoms with Gasteiger partial charge in [0.05, 0.1) is 19.3 Å². The molecule has 0 aliphatic heterocycles. The second-order valence-electron chi connectivity index (χ2n) is 4.90. The van der Waals surface area contributed by atoms with Crippen LogP contribution in [0.15, 0.2) is 24.3 Å². The molecule has 0 spiro atoms. The summed E-state index contributed by atoms with van der Waals surface area (Å²) in [6, 6.07) is 7.23. The van der Waals surface area contributed by atoms with Gasteiger partial charge in [0, 0.05) is 5.56 Å². The number of anilines is 1. The molecule has 1 aromatic carbocycles. The van der Waals surface area contributed by atoms with Crippen molar-refractivity contribution in [1.82, 2.24) is 0 Å². The molecule has 0 aliphatic rings. The summed E-state index contributed by atoms with van der Waals surface area (Å²) < 4.78 is 4.85. The first-order chi connectivity index (χ1) is 9.58. The van der Waals surface area contributed by atoms with Crippen molar-refractivity contribution in [3.63, 3.8) is 0 Å². The number of methoxy groups -OCH3 is 1. The third-order valence-electron chi connectivity index (χ3n) is 2.77. The molecule has 0 saturated heterocycles. The van der Waals surface area contributed by atoms with Crippen LogP contribution in [0.3, 0.4) is 0 Å². The van der Waals surface area contributed by atoms with Crippen molar-refractivity contribution in [2.24, 2.45) is 11.7 Å². The van der Waals surface area contributed by atoms with Gasteiger partial charge in [-0.1, -0.05) is 37.8 Å². The standard InChI is InChI=1S/C16H22N2O2/c1-12(2)11-15(16(19)20-3)18-14-9-5-4-7-13(14)8-6-10-17/h4-5,7,9,12,15,18H,10-11,17H2,1-3H3/t15-/m1/s1. The van der Waals surface area contributed by atoms with Gasteiger partial charge in [0.15, 0.2) is 0 Å². The monoisotopic (exact) mass is 274 g/mol. The molecule has 0 fully saturated rings. The highest BCUT2D eigenvalue weighted by Gasteiger charge is 2.20. The molecule has 108 valence electrons. The van der Waals surface area contributed by atoms with E-state index in [1.807, 2.05) is 24.3 Å². The van der Waals surface area contributed by atoms with E-state index in [-0.39, 0.29) is 12.0 Å². The number of carbonyl (C=O) groups is 1. The first-order valence-corrected chi connectivity index (χ1v) is 6.70. The molecule has 3 N–H and O–H groups in total. The van der Waals surface area contributed by atoms with Crippen molar-refractivity contribution in [2.45, 2.75) is 26.3 Å². The maximum Gasteiger partial charge on any atom is 0.328 e. The Labute approximate surface area is 120 Å². The maximum atomic E-state index is 11.8. The lowest BCUT2D eigenvalue weighted by Crippen LogP contribution is -2.32. The molecule has 0 saturated carbocycles. The molecule has 0 radical (unpaired) electrons. The highest BCUT2D eigenvalue weighted by molar-refractivity contribution is 5.80. The zero-order valence-electron chi connectivity index (χ0n) is 12.3. The van der Waals surface area contributed by atoms with Gasteiger partial charge in [0.1, 0.15) is 6.04 Å². The Morgan fingerprint density at radius 1 is 1.40 bits per heavy atom. The Morgan fingerprint density at radius 3 is 2.70 bits per heavy atom. The Hall–Kier alpha value is -1.99. The van der Waals surface area contributed by atoms with Gasteiger partial charge in [-0.15, -0.1) is 0 Å². The first kappa shape index (κ1) is 16.1. The Morgan fingerprint density at radius 2 is 2.10 bits per heavy atom. The Bertz CT molecular complexity index is 501. The van der Waals surface area contributed by atoms with Crippen LogP contribution in [-0.2, 0) is 9.53 Å². The number of esters is 1. The van der Waals surface area contributed by atoms with Gasteiger partial charge in [-0.25, -0.2) is 4.79 Å². The summed E-state index contributed by atoms with van der Waals surface area (Å²) in [5.41, 5.74) is 7.05. The topological polar surface area (TPSA) is 64.3 Å². The summed E-state index contributed by atoms with van der Waals surface area (Å²) in [5.74, 6) is 5.94. The lowest BCUT2D eigenvalue weighted by Gasteiger charge is -2.20. The van der Waals surface area contributed by atoms with E-state index in [1.165, 1.54) is 7.11 Å². The number of nitrogens with one attached hydrogen (secondary N) is 1. The number of hydrogen-bond acceptors (Lipinski definition) is 4. The number of hydrogen-bond donors (Lipinski definition) is 2. The molecule has 0 bridgehead atoms. The first-order valence-electron chi connectivity index (χ1n) is 6.70. The number of ether oxygens (including phenoxy) is 1. The minimum atomic E-state index is -0.374. The zero-order chi connectivity index (χ0) is 15.0. The van der Waals surface area contributed by atoms with Crippen LogP contribution in [0, 0.1) is 17.8 Å². The minimum absolute atomic E-state index is 0.264. The second-order valence-corrected chi connectivity index (χ2v) is 4.90. The molecule has 20 heavy (non-hydrogen) atoms. The van der Waals surface area contributed by atoms with E-state index in [0.29, 0.717) is 18.9 Å². The molecule has 0 unspecified atom stereocenters. The number of benzene rings is 1. The molecule has 0 heterocycles. The van der Waals surface area contributed by atoms with Gasteiger partial charge in [-0.05, 0) is 24.5 Å². The summed E-state index contributed by atoms with van der Waals surface area (Å²) in [4.78, 5) is 11.8. The fraction of sp³-hybridized carbons (Fsp3) is 0.438. The fourth-order valence-electron chi connectivity index (χ4n) is 1.88. The van der Waals surface area contributed by atoms with E-state index < -0.39 is 0 Å². The van der Waals surface area contributed by atoms with Crippen LogP contribution in [0.1, 0.15) is 25.8 Å². The second kappa shape index (κ2) is 8.23. The number of carbonyl (C=O) groups excluding carboxylic acids is 1. The van der Waals surface area contributed by atoms with E-state index in [4.69, 9.17) is 10.5 Å². The van der Waals surface area contributed by atoms with Gasteiger partial charge in [0.25, 0.3) is 0 Å². The van der Waals surface area contributed by atoms with E-state index in [1.54, 1.807) is 0 Å². The molecule has 1 aromatic rings. The molecule has 1 atom stereocenters. The lowest BCUT2D eigenvalue weighted by molar-refractivity contribution is -0.141. The predicted molar refractivity (Wildman–Crippen MR) is 81.3 cm³/mol.